The van der Waals surface area contributed by atoms with Crippen LogP contribution < -0.4 is 4.90 Å². The van der Waals surface area contributed by atoms with Crippen LogP contribution in [0.3, 0.4) is 0 Å². The van der Waals surface area contributed by atoms with Gasteiger partial charge in [0.1, 0.15) is 0 Å². The van der Waals surface area contributed by atoms with Crippen LogP contribution in [0.5, 0.6) is 0 Å². The first-order valence-electron chi connectivity index (χ1n) is 6.01. The summed E-state index contributed by atoms with van der Waals surface area (Å²) in [5.74, 6) is 0. The van der Waals surface area contributed by atoms with E-state index in [2.05, 4.69) is 30.0 Å². The van der Waals surface area contributed by atoms with E-state index in [1.165, 1.54) is 41.3 Å². The van der Waals surface area contributed by atoms with Crippen LogP contribution >= 0.6 is 11.3 Å². The number of hydrogen-bond donors (Lipinski definition) is 0. The summed E-state index contributed by atoms with van der Waals surface area (Å²) < 4.78 is 1.33. The molecule has 2 heterocycles. The van der Waals surface area contributed by atoms with Gasteiger partial charge in [-0.2, -0.15) is 0 Å². The average molecular weight is 232 g/mol. The number of anilines is 1. The monoisotopic (exact) mass is 232 g/mol. The number of rotatable bonds is 2. The van der Waals surface area contributed by atoms with Gasteiger partial charge in [-0.1, -0.05) is 24.3 Å². The van der Waals surface area contributed by atoms with E-state index in [1.807, 2.05) is 11.3 Å². The molecule has 3 rings (SSSR count). The molecule has 2 nitrogen and oxygen atoms in total. The summed E-state index contributed by atoms with van der Waals surface area (Å²) in [6, 6.07) is 6.63. The zero-order valence-corrected chi connectivity index (χ0v) is 10.4. The Morgan fingerprint density at radius 2 is 2.12 bits per heavy atom. The third-order valence-electron chi connectivity index (χ3n) is 3.23. The van der Waals surface area contributed by atoms with Gasteiger partial charge in [0, 0.05) is 13.1 Å². The topological polar surface area (TPSA) is 16.1 Å². The SMILES string of the molecule is CCc1ccc2nc(N3CCCC3)sc2c1. The molecule has 1 saturated heterocycles. The van der Waals surface area contributed by atoms with Gasteiger partial charge in [-0.05, 0) is 37.0 Å². The molecule has 0 atom stereocenters. The predicted molar refractivity (Wildman–Crippen MR) is 70.4 cm³/mol. The summed E-state index contributed by atoms with van der Waals surface area (Å²) in [6.07, 6.45) is 3.74. The summed E-state index contributed by atoms with van der Waals surface area (Å²) >= 11 is 1.84. The molecule has 2 aromatic rings. The number of benzene rings is 1. The van der Waals surface area contributed by atoms with Gasteiger partial charge in [-0.3, -0.25) is 0 Å². The fourth-order valence-corrected chi connectivity index (χ4v) is 3.30. The molecule has 16 heavy (non-hydrogen) atoms. The van der Waals surface area contributed by atoms with E-state index in [9.17, 15) is 0 Å². The number of fused-ring (bicyclic) bond motifs is 1. The van der Waals surface area contributed by atoms with E-state index in [-0.39, 0.29) is 0 Å². The van der Waals surface area contributed by atoms with Gasteiger partial charge in [-0.15, -0.1) is 0 Å². The number of aryl methyl sites for hydroxylation is 1. The molecule has 0 saturated carbocycles. The molecule has 1 aromatic carbocycles. The molecular formula is C13H16N2S. The van der Waals surface area contributed by atoms with E-state index < -0.39 is 0 Å². The third kappa shape index (κ3) is 1.69. The van der Waals surface area contributed by atoms with Crippen molar-refractivity contribution in [2.24, 2.45) is 0 Å². The molecule has 0 N–H and O–H groups in total. The second-order valence-electron chi connectivity index (χ2n) is 4.35. The van der Waals surface area contributed by atoms with Gasteiger partial charge in [0.05, 0.1) is 10.2 Å². The molecule has 0 bridgehead atoms. The van der Waals surface area contributed by atoms with Crippen molar-refractivity contribution in [3.05, 3.63) is 23.8 Å². The first-order valence-corrected chi connectivity index (χ1v) is 6.83. The van der Waals surface area contributed by atoms with Crippen molar-refractivity contribution in [2.75, 3.05) is 18.0 Å². The largest absolute Gasteiger partial charge is 0.348 e. The molecule has 3 heteroatoms. The van der Waals surface area contributed by atoms with E-state index >= 15 is 0 Å². The Kier molecular flexibility index (Phi) is 2.56. The Balaban J connectivity index is 2.01. The molecule has 1 fully saturated rings. The Morgan fingerprint density at radius 1 is 1.31 bits per heavy atom. The first-order chi connectivity index (χ1) is 7.86. The van der Waals surface area contributed by atoms with Gasteiger partial charge in [0.25, 0.3) is 0 Å². The van der Waals surface area contributed by atoms with Crippen LogP contribution in [-0.4, -0.2) is 18.1 Å². The zero-order chi connectivity index (χ0) is 11.0. The van der Waals surface area contributed by atoms with Crippen molar-refractivity contribution in [1.82, 2.24) is 4.98 Å². The second kappa shape index (κ2) is 4.06. The van der Waals surface area contributed by atoms with Crippen molar-refractivity contribution < 1.29 is 0 Å². The quantitative estimate of drug-likeness (QED) is 0.788. The Labute approximate surface area is 99.9 Å². The van der Waals surface area contributed by atoms with E-state index in [4.69, 9.17) is 4.98 Å². The molecule has 0 amide bonds. The minimum atomic E-state index is 1.10. The number of nitrogens with zero attached hydrogens (tertiary/aromatic N) is 2. The van der Waals surface area contributed by atoms with Gasteiger partial charge in [0.15, 0.2) is 5.13 Å². The fraction of sp³-hybridized carbons (Fsp3) is 0.462. The lowest BCUT2D eigenvalue weighted by Gasteiger charge is -2.11. The maximum Gasteiger partial charge on any atom is 0.186 e. The molecule has 1 aromatic heterocycles. The summed E-state index contributed by atoms with van der Waals surface area (Å²) in [7, 11) is 0. The van der Waals surface area contributed by atoms with Crippen LogP contribution in [0.4, 0.5) is 5.13 Å². The molecule has 1 aliphatic rings. The van der Waals surface area contributed by atoms with E-state index in [0.717, 1.165) is 11.9 Å². The summed E-state index contributed by atoms with van der Waals surface area (Å²) in [4.78, 5) is 7.13. The molecule has 84 valence electrons. The van der Waals surface area contributed by atoms with Crippen molar-refractivity contribution >= 4 is 26.7 Å². The molecule has 1 aliphatic heterocycles. The number of thiazole rings is 1. The maximum absolute atomic E-state index is 4.71. The van der Waals surface area contributed by atoms with Crippen molar-refractivity contribution in [3.63, 3.8) is 0 Å². The van der Waals surface area contributed by atoms with Crippen LogP contribution in [0.1, 0.15) is 25.3 Å². The smallest absolute Gasteiger partial charge is 0.186 e. The highest BCUT2D eigenvalue weighted by Crippen LogP contribution is 2.31. The highest BCUT2D eigenvalue weighted by atomic mass is 32.1. The first kappa shape index (κ1) is 10.1. The van der Waals surface area contributed by atoms with Crippen molar-refractivity contribution in [3.8, 4) is 0 Å². The van der Waals surface area contributed by atoms with Crippen LogP contribution in [0, 0.1) is 0 Å². The van der Waals surface area contributed by atoms with Gasteiger partial charge < -0.3 is 4.90 Å². The molecule has 0 unspecified atom stereocenters. The normalized spacial score (nSPS) is 16.2. The molecule has 0 radical (unpaired) electrons. The fourth-order valence-electron chi connectivity index (χ4n) is 2.22. The predicted octanol–water partition coefficient (Wildman–Crippen LogP) is 3.46. The average Bonchev–Trinajstić information content (AvgIpc) is 2.96. The molecule has 0 aliphatic carbocycles. The lowest BCUT2D eigenvalue weighted by Crippen LogP contribution is -2.16. The maximum atomic E-state index is 4.71. The lowest BCUT2D eigenvalue weighted by atomic mass is 10.2. The molecule has 0 spiro atoms. The van der Waals surface area contributed by atoms with Crippen LogP contribution in [0.25, 0.3) is 10.2 Å². The van der Waals surface area contributed by atoms with Gasteiger partial charge >= 0.3 is 0 Å². The Morgan fingerprint density at radius 3 is 2.88 bits per heavy atom. The number of aromatic nitrogens is 1. The third-order valence-corrected chi connectivity index (χ3v) is 4.31. The summed E-state index contributed by atoms with van der Waals surface area (Å²) in [5.41, 5.74) is 2.56. The van der Waals surface area contributed by atoms with Crippen LogP contribution in [-0.2, 0) is 6.42 Å². The summed E-state index contributed by atoms with van der Waals surface area (Å²) in [6.45, 7) is 4.56. The van der Waals surface area contributed by atoms with Crippen molar-refractivity contribution in [1.29, 1.82) is 0 Å². The highest BCUT2D eigenvalue weighted by Gasteiger charge is 2.16. The van der Waals surface area contributed by atoms with E-state index in [0.29, 0.717) is 0 Å². The van der Waals surface area contributed by atoms with Gasteiger partial charge in [0.2, 0.25) is 0 Å². The van der Waals surface area contributed by atoms with Crippen LogP contribution in [0.15, 0.2) is 18.2 Å². The molecular weight excluding hydrogens is 216 g/mol. The lowest BCUT2D eigenvalue weighted by molar-refractivity contribution is 0.949. The highest BCUT2D eigenvalue weighted by molar-refractivity contribution is 7.22. The second-order valence-corrected chi connectivity index (χ2v) is 5.36. The standard InChI is InChI=1S/C13H16N2S/c1-2-10-5-6-11-12(9-10)16-13(14-11)15-7-3-4-8-15/h5-6,9H,2-4,7-8H2,1H3. The summed E-state index contributed by atoms with van der Waals surface area (Å²) in [5, 5.41) is 1.21. The Bertz CT molecular complexity index is 498. The minimum absolute atomic E-state index is 1.10. The van der Waals surface area contributed by atoms with Crippen LogP contribution in [0.2, 0.25) is 0 Å². The number of hydrogen-bond acceptors (Lipinski definition) is 3. The minimum Gasteiger partial charge on any atom is -0.348 e. The Hall–Kier alpha value is -1.09. The van der Waals surface area contributed by atoms with Gasteiger partial charge in [-0.25, -0.2) is 4.98 Å². The van der Waals surface area contributed by atoms with Crippen molar-refractivity contribution in [2.45, 2.75) is 26.2 Å². The zero-order valence-electron chi connectivity index (χ0n) is 9.57. The van der Waals surface area contributed by atoms with E-state index in [1.54, 1.807) is 0 Å².